The predicted molar refractivity (Wildman–Crippen MR) is 86.0 cm³/mol. The third kappa shape index (κ3) is 2.82. The average molecular weight is 310 g/mol. The number of hydrogen-bond donors (Lipinski definition) is 2. The Labute approximate surface area is 133 Å². The first-order valence-electron chi connectivity index (χ1n) is 7.88. The van der Waals surface area contributed by atoms with Crippen LogP contribution in [-0.2, 0) is 13.0 Å². The summed E-state index contributed by atoms with van der Waals surface area (Å²) in [5, 5.41) is 6.91. The maximum Gasteiger partial charge on any atom is 0.315 e. The zero-order valence-electron chi connectivity index (χ0n) is 12.7. The molecule has 2 heterocycles. The predicted octanol–water partition coefficient (Wildman–Crippen LogP) is 3.90. The Balaban J connectivity index is 1.37. The standard InChI is InChI=1S/C18H18N2O3/c21-18(20-15-5-3-7-17-14(15)8-9-22-17)19-11-13-10-12-4-1-2-6-16(12)23-13/h1-2,4,6,8-10,15H,3,5,7,11H2,(H2,19,20,21). The number of amides is 2. The molecule has 5 nitrogen and oxygen atoms in total. The number of benzene rings is 1. The zero-order valence-corrected chi connectivity index (χ0v) is 12.7. The molecule has 0 bridgehead atoms. The van der Waals surface area contributed by atoms with Gasteiger partial charge >= 0.3 is 6.03 Å². The lowest BCUT2D eigenvalue weighted by molar-refractivity contribution is 0.234. The summed E-state index contributed by atoms with van der Waals surface area (Å²) >= 11 is 0. The van der Waals surface area contributed by atoms with E-state index in [0.717, 1.165) is 47.3 Å². The number of rotatable bonds is 3. The van der Waals surface area contributed by atoms with E-state index in [1.165, 1.54) is 0 Å². The van der Waals surface area contributed by atoms with Crippen molar-refractivity contribution in [3.05, 3.63) is 59.7 Å². The lowest BCUT2D eigenvalue weighted by Gasteiger charge is -2.22. The normalized spacial score (nSPS) is 17.0. The SMILES string of the molecule is O=C(NCc1cc2ccccc2o1)NC1CCCc2occc21. The fourth-order valence-electron chi connectivity index (χ4n) is 3.14. The Kier molecular flexibility index (Phi) is 3.54. The Morgan fingerprint density at radius 1 is 1.26 bits per heavy atom. The van der Waals surface area contributed by atoms with Crippen LogP contribution < -0.4 is 10.6 Å². The molecular weight excluding hydrogens is 292 g/mol. The van der Waals surface area contributed by atoms with Gasteiger partial charge in [-0.05, 0) is 31.0 Å². The summed E-state index contributed by atoms with van der Waals surface area (Å²) in [6.07, 6.45) is 4.59. The fraction of sp³-hybridized carbons (Fsp3) is 0.278. The van der Waals surface area contributed by atoms with E-state index in [4.69, 9.17) is 8.83 Å². The Morgan fingerprint density at radius 2 is 2.17 bits per heavy atom. The van der Waals surface area contributed by atoms with Gasteiger partial charge in [0.05, 0.1) is 18.8 Å². The number of nitrogens with one attached hydrogen (secondary N) is 2. The van der Waals surface area contributed by atoms with Gasteiger partial charge in [0, 0.05) is 17.4 Å². The molecule has 1 aromatic carbocycles. The molecule has 1 aliphatic carbocycles. The number of carbonyl (C=O) groups excluding carboxylic acids is 1. The van der Waals surface area contributed by atoms with Crippen LogP contribution in [-0.4, -0.2) is 6.03 Å². The lowest BCUT2D eigenvalue weighted by atomic mass is 9.93. The van der Waals surface area contributed by atoms with Gasteiger partial charge in [-0.2, -0.15) is 0 Å². The highest BCUT2D eigenvalue weighted by Crippen LogP contribution is 2.30. The summed E-state index contributed by atoms with van der Waals surface area (Å²) in [6.45, 7) is 0.367. The largest absolute Gasteiger partial charge is 0.469 e. The van der Waals surface area contributed by atoms with Gasteiger partial charge in [-0.3, -0.25) is 0 Å². The van der Waals surface area contributed by atoms with Crippen LogP contribution in [0.25, 0.3) is 11.0 Å². The molecule has 0 spiro atoms. The summed E-state index contributed by atoms with van der Waals surface area (Å²) < 4.78 is 11.1. The van der Waals surface area contributed by atoms with Crippen molar-refractivity contribution in [2.45, 2.75) is 31.8 Å². The molecule has 118 valence electrons. The second-order valence-electron chi connectivity index (χ2n) is 5.82. The van der Waals surface area contributed by atoms with Crippen molar-refractivity contribution in [1.82, 2.24) is 10.6 Å². The molecule has 4 rings (SSSR count). The van der Waals surface area contributed by atoms with Crippen LogP contribution in [0.5, 0.6) is 0 Å². The average Bonchev–Trinajstić information content (AvgIpc) is 3.19. The first-order valence-corrected chi connectivity index (χ1v) is 7.88. The molecule has 0 fully saturated rings. The minimum Gasteiger partial charge on any atom is -0.469 e. The number of aryl methyl sites for hydroxylation is 1. The Hall–Kier alpha value is -2.69. The number of fused-ring (bicyclic) bond motifs is 2. The fourth-order valence-corrected chi connectivity index (χ4v) is 3.14. The van der Waals surface area contributed by atoms with E-state index in [-0.39, 0.29) is 12.1 Å². The van der Waals surface area contributed by atoms with Crippen molar-refractivity contribution in [2.24, 2.45) is 0 Å². The summed E-state index contributed by atoms with van der Waals surface area (Å²) in [5.74, 6) is 1.73. The maximum absolute atomic E-state index is 12.1. The van der Waals surface area contributed by atoms with Gasteiger partial charge in [0.2, 0.25) is 0 Å². The highest BCUT2D eigenvalue weighted by molar-refractivity contribution is 5.78. The lowest BCUT2D eigenvalue weighted by Crippen LogP contribution is -2.38. The second-order valence-corrected chi connectivity index (χ2v) is 5.82. The summed E-state index contributed by atoms with van der Waals surface area (Å²) in [5.41, 5.74) is 1.93. The summed E-state index contributed by atoms with van der Waals surface area (Å²) in [6, 6.07) is 11.5. The van der Waals surface area contributed by atoms with E-state index < -0.39 is 0 Å². The van der Waals surface area contributed by atoms with Gasteiger partial charge in [0.1, 0.15) is 17.1 Å². The molecule has 1 atom stereocenters. The second kappa shape index (κ2) is 5.83. The van der Waals surface area contributed by atoms with Crippen LogP contribution in [0.1, 0.15) is 36.0 Å². The van der Waals surface area contributed by atoms with Crippen molar-refractivity contribution >= 4 is 17.0 Å². The molecule has 3 aromatic rings. The molecule has 0 saturated heterocycles. The first kappa shape index (κ1) is 13.9. The van der Waals surface area contributed by atoms with Gasteiger partial charge in [0.25, 0.3) is 0 Å². The quantitative estimate of drug-likeness (QED) is 0.771. The Morgan fingerprint density at radius 3 is 3.09 bits per heavy atom. The molecule has 23 heavy (non-hydrogen) atoms. The number of furan rings is 2. The van der Waals surface area contributed by atoms with Crippen molar-refractivity contribution in [3.8, 4) is 0 Å². The molecule has 2 aromatic heterocycles. The maximum atomic E-state index is 12.1. The van der Waals surface area contributed by atoms with Crippen LogP contribution >= 0.6 is 0 Å². The molecule has 2 N–H and O–H groups in total. The first-order chi connectivity index (χ1) is 11.3. The monoisotopic (exact) mass is 310 g/mol. The molecule has 0 aliphatic heterocycles. The molecular formula is C18H18N2O3. The van der Waals surface area contributed by atoms with Crippen molar-refractivity contribution in [2.75, 3.05) is 0 Å². The van der Waals surface area contributed by atoms with E-state index in [1.807, 2.05) is 36.4 Å². The molecule has 0 saturated carbocycles. The van der Waals surface area contributed by atoms with E-state index in [1.54, 1.807) is 6.26 Å². The smallest absolute Gasteiger partial charge is 0.315 e. The van der Waals surface area contributed by atoms with E-state index >= 15 is 0 Å². The molecule has 1 unspecified atom stereocenters. The van der Waals surface area contributed by atoms with Crippen molar-refractivity contribution in [1.29, 1.82) is 0 Å². The van der Waals surface area contributed by atoms with E-state index in [0.29, 0.717) is 6.54 Å². The number of carbonyl (C=O) groups is 1. The van der Waals surface area contributed by atoms with E-state index in [9.17, 15) is 4.79 Å². The van der Waals surface area contributed by atoms with Crippen LogP contribution in [0.15, 0.2) is 51.5 Å². The number of hydrogen-bond acceptors (Lipinski definition) is 3. The van der Waals surface area contributed by atoms with E-state index in [2.05, 4.69) is 10.6 Å². The zero-order chi connectivity index (χ0) is 15.6. The van der Waals surface area contributed by atoms with Gasteiger partial charge in [-0.25, -0.2) is 4.79 Å². The topological polar surface area (TPSA) is 67.4 Å². The highest BCUT2D eigenvalue weighted by Gasteiger charge is 2.23. The number of para-hydroxylation sites is 1. The number of urea groups is 1. The molecule has 2 amide bonds. The summed E-state index contributed by atoms with van der Waals surface area (Å²) in [7, 11) is 0. The minimum atomic E-state index is -0.190. The van der Waals surface area contributed by atoms with Gasteiger partial charge in [-0.15, -0.1) is 0 Å². The highest BCUT2D eigenvalue weighted by atomic mass is 16.3. The third-order valence-electron chi connectivity index (χ3n) is 4.26. The van der Waals surface area contributed by atoms with Crippen LogP contribution in [0.2, 0.25) is 0 Å². The van der Waals surface area contributed by atoms with Crippen molar-refractivity contribution < 1.29 is 13.6 Å². The summed E-state index contributed by atoms with van der Waals surface area (Å²) in [4.78, 5) is 12.1. The Bertz CT molecular complexity index is 801. The van der Waals surface area contributed by atoms with Crippen molar-refractivity contribution in [3.63, 3.8) is 0 Å². The third-order valence-corrected chi connectivity index (χ3v) is 4.26. The van der Waals surface area contributed by atoms with Gasteiger partial charge < -0.3 is 19.5 Å². The van der Waals surface area contributed by atoms with Gasteiger partial charge in [0.15, 0.2) is 0 Å². The molecule has 5 heteroatoms. The minimum absolute atomic E-state index is 0.0215. The molecule has 0 radical (unpaired) electrons. The van der Waals surface area contributed by atoms with Gasteiger partial charge in [-0.1, -0.05) is 18.2 Å². The molecule has 1 aliphatic rings. The van der Waals surface area contributed by atoms with Crippen LogP contribution in [0, 0.1) is 0 Å². The van der Waals surface area contributed by atoms with Crippen LogP contribution in [0.4, 0.5) is 4.79 Å². The van der Waals surface area contributed by atoms with Crippen LogP contribution in [0.3, 0.4) is 0 Å².